The standard InChI is InChI=1S/C20H16Cl2N2O3/c1-12-6-8-14(9-7-12)10-15(11-23)20(26)27-13(2)19(25)24-18-16(21)4-3-5-17(18)22/h3-10,13H,1-2H3,(H,24,25)/b15-10+/t13-/m0/s1. The SMILES string of the molecule is Cc1ccc(/C=C(\C#N)C(=O)O[C@@H](C)C(=O)Nc2c(Cl)cccc2Cl)cc1. The first-order chi connectivity index (χ1) is 12.8. The van der Waals surface area contributed by atoms with Gasteiger partial charge >= 0.3 is 5.97 Å². The summed E-state index contributed by atoms with van der Waals surface area (Å²) in [5.74, 6) is -1.52. The van der Waals surface area contributed by atoms with Crippen LogP contribution in [0.4, 0.5) is 5.69 Å². The van der Waals surface area contributed by atoms with Gasteiger partial charge in [0.05, 0.1) is 15.7 Å². The van der Waals surface area contributed by atoms with Gasteiger partial charge in [-0.25, -0.2) is 4.79 Å². The Balaban J connectivity index is 2.08. The lowest BCUT2D eigenvalue weighted by atomic mass is 10.1. The quantitative estimate of drug-likeness (QED) is 0.443. The number of nitrogens with zero attached hydrogens (tertiary/aromatic N) is 1. The van der Waals surface area contributed by atoms with Gasteiger partial charge in [0.1, 0.15) is 11.6 Å². The summed E-state index contributed by atoms with van der Waals surface area (Å²) in [5.41, 5.74) is 1.74. The van der Waals surface area contributed by atoms with Crippen LogP contribution in [0.15, 0.2) is 48.0 Å². The normalized spacial score (nSPS) is 12.0. The lowest BCUT2D eigenvalue weighted by molar-refractivity contribution is -0.148. The highest BCUT2D eigenvalue weighted by Crippen LogP contribution is 2.30. The van der Waals surface area contributed by atoms with Crippen molar-refractivity contribution < 1.29 is 14.3 Å². The van der Waals surface area contributed by atoms with Crippen molar-refractivity contribution in [2.75, 3.05) is 5.32 Å². The van der Waals surface area contributed by atoms with Crippen LogP contribution in [0.5, 0.6) is 0 Å². The molecule has 2 aromatic carbocycles. The average molecular weight is 403 g/mol. The van der Waals surface area contributed by atoms with Crippen molar-refractivity contribution in [3.8, 4) is 6.07 Å². The third-order valence-corrected chi connectivity index (χ3v) is 4.22. The van der Waals surface area contributed by atoms with Gasteiger partial charge in [-0.1, -0.05) is 59.1 Å². The zero-order chi connectivity index (χ0) is 20.0. The number of esters is 1. The first-order valence-corrected chi connectivity index (χ1v) is 8.71. The number of para-hydroxylation sites is 1. The van der Waals surface area contributed by atoms with Crippen LogP contribution < -0.4 is 5.32 Å². The van der Waals surface area contributed by atoms with E-state index in [0.717, 1.165) is 5.56 Å². The minimum absolute atomic E-state index is 0.214. The number of hydrogen-bond acceptors (Lipinski definition) is 4. The van der Waals surface area contributed by atoms with E-state index in [4.69, 9.17) is 27.9 Å². The Bertz CT molecular complexity index is 911. The van der Waals surface area contributed by atoms with Crippen LogP contribution in [0, 0.1) is 18.3 Å². The summed E-state index contributed by atoms with van der Waals surface area (Å²) in [6, 6.07) is 13.8. The number of carbonyl (C=O) groups is 2. The van der Waals surface area contributed by atoms with Crippen LogP contribution in [0.2, 0.25) is 10.0 Å². The largest absolute Gasteiger partial charge is 0.448 e. The Morgan fingerprint density at radius 3 is 2.30 bits per heavy atom. The number of amides is 1. The fourth-order valence-corrected chi connectivity index (χ4v) is 2.58. The molecule has 27 heavy (non-hydrogen) atoms. The Labute approximate surface area is 167 Å². The van der Waals surface area contributed by atoms with Crippen molar-refractivity contribution >= 4 is 46.8 Å². The smallest absolute Gasteiger partial charge is 0.349 e. The predicted octanol–water partition coefficient (Wildman–Crippen LogP) is 4.78. The Kier molecular flexibility index (Phi) is 7.00. The second-order valence-electron chi connectivity index (χ2n) is 5.71. The van der Waals surface area contributed by atoms with Gasteiger partial charge in [0.2, 0.25) is 0 Å². The lowest BCUT2D eigenvalue weighted by Gasteiger charge is -2.14. The summed E-state index contributed by atoms with van der Waals surface area (Å²) in [6.45, 7) is 3.32. The maximum Gasteiger partial charge on any atom is 0.349 e. The summed E-state index contributed by atoms with van der Waals surface area (Å²) < 4.78 is 5.09. The van der Waals surface area contributed by atoms with Crippen LogP contribution in [-0.4, -0.2) is 18.0 Å². The molecule has 0 saturated carbocycles. The second-order valence-corrected chi connectivity index (χ2v) is 6.53. The summed E-state index contributed by atoms with van der Waals surface area (Å²) in [4.78, 5) is 24.5. The van der Waals surface area contributed by atoms with Crippen molar-refractivity contribution in [3.05, 3.63) is 69.2 Å². The molecule has 0 radical (unpaired) electrons. The average Bonchev–Trinajstić information content (AvgIpc) is 2.64. The molecule has 0 aliphatic rings. The molecule has 138 valence electrons. The number of benzene rings is 2. The van der Waals surface area contributed by atoms with E-state index < -0.39 is 18.0 Å². The Hall–Kier alpha value is -2.81. The number of carbonyl (C=O) groups excluding carboxylic acids is 2. The molecule has 0 aliphatic heterocycles. The molecule has 2 aromatic rings. The summed E-state index contributed by atoms with van der Waals surface area (Å²) in [6.07, 6.45) is 0.247. The molecule has 1 atom stereocenters. The van der Waals surface area contributed by atoms with Crippen molar-refractivity contribution in [1.82, 2.24) is 0 Å². The monoisotopic (exact) mass is 402 g/mol. The van der Waals surface area contributed by atoms with E-state index in [9.17, 15) is 14.9 Å². The molecular formula is C20H16Cl2N2O3. The first kappa shape index (κ1) is 20.5. The van der Waals surface area contributed by atoms with Crippen LogP contribution in [0.25, 0.3) is 6.08 Å². The molecule has 2 rings (SSSR count). The molecule has 0 heterocycles. The zero-order valence-electron chi connectivity index (χ0n) is 14.6. The highest BCUT2D eigenvalue weighted by atomic mass is 35.5. The fourth-order valence-electron chi connectivity index (χ4n) is 2.09. The molecule has 0 unspecified atom stereocenters. The number of nitriles is 1. The number of anilines is 1. The van der Waals surface area contributed by atoms with Gasteiger partial charge in [0.25, 0.3) is 5.91 Å². The van der Waals surface area contributed by atoms with Crippen LogP contribution in [0.1, 0.15) is 18.1 Å². The van der Waals surface area contributed by atoms with Gasteiger partial charge in [-0.2, -0.15) is 5.26 Å². The van der Waals surface area contributed by atoms with Crippen molar-refractivity contribution in [2.24, 2.45) is 0 Å². The maximum absolute atomic E-state index is 12.3. The molecule has 7 heteroatoms. The summed E-state index contributed by atoms with van der Waals surface area (Å²) >= 11 is 12.0. The van der Waals surface area contributed by atoms with E-state index in [2.05, 4.69) is 5.32 Å². The van der Waals surface area contributed by atoms with Gasteiger partial charge < -0.3 is 10.1 Å². The molecular weight excluding hydrogens is 387 g/mol. The van der Waals surface area contributed by atoms with Crippen LogP contribution in [-0.2, 0) is 14.3 Å². The van der Waals surface area contributed by atoms with Crippen LogP contribution in [0.3, 0.4) is 0 Å². The number of hydrogen-bond donors (Lipinski definition) is 1. The third-order valence-electron chi connectivity index (χ3n) is 3.59. The van der Waals surface area contributed by atoms with E-state index >= 15 is 0 Å². The van der Waals surface area contributed by atoms with E-state index in [-0.39, 0.29) is 21.3 Å². The highest BCUT2D eigenvalue weighted by molar-refractivity contribution is 6.39. The zero-order valence-corrected chi connectivity index (χ0v) is 16.1. The fraction of sp³-hybridized carbons (Fsp3) is 0.150. The number of aryl methyl sites for hydroxylation is 1. The molecule has 1 amide bonds. The Morgan fingerprint density at radius 1 is 1.15 bits per heavy atom. The lowest BCUT2D eigenvalue weighted by Crippen LogP contribution is -2.30. The van der Waals surface area contributed by atoms with E-state index in [0.29, 0.717) is 5.56 Å². The minimum atomic E-state index is -1.15. The van der Waals surface area contributed by atoms with Crippen molar-refractivity contribution in [1.29, 1.82) is 5.26 Å². The van der Waals surface area contributed by atoms with Gasteiger partial charge in [-0.15, -0.1) is 0 Å². The first-order valence-electron chi connectivity index (χ1n) is 7.96. The number of nitrogens with one attached hydrogen (secondary N) is 1. The second kappa shape index (κ2) is 9.22. The van der Waals surface area contributed by atoms with E-state index in [1.54, 1.807) is 36.4 Å². The Morgan fingerprint density at radius 2 is 1.74 bits per heavy atom. The van der Waals surface area contributed by atoms with Crippen molar-refractivity contribution in [3.63, 3.8) is 0 Å². The number of ether oxygens (including phenoxy) is 1. The van der Waals surface area contributed by atoms with Gasteiger partial charge in [0, 0.05) is 0 Å². The summed E-state index contributed by atoms with van der Waals surface area (Å²) in [7, 11) is 0. The topological polar surface area (TPSA) is 79.2 Å². The van der Waals surface area contributed by atoms with Crippen LogP contribution >= 0.6 is 23.2 Å². The van der Waals surface area contributed by atoms with Crippen molar-refractivity contribution in [2.45, 2.75) is 20.0 Å². The molecule has 1 N–H and O–H groups in total. The molecule has 0 aliphatic carbocycles. The van der Waals surface area contributed by atoms with Gasteiger partial charge in [0.15, 0.2) is 6.10 Å². The van der Waals surface area contributed by atoms with Gasteiger partial charge in [-0.3, -0.25) is 4.79 Å². The molecule has 0 spiro atoms. The molecule has 0 aromatic heterocycles. The highest BCUT2D eigenvalue weighted by Gasteiger charge is 2.22. The van der Waals surface area contributed by atoms with E-state index in [1.807, 2.05) is 19.1 Å². The maximum atomic E-state index is 12.3. The predicted molar refractivity (Wildman–Crippen MR) is 105 cm³/mol. The van der Waals surface area contributed by atoms with E-state index in [1.165, 1.54) is 13.0 Å². The number of rotatable bonds is 5. The molecule has 5 nitrogen and oxygen atoms in total. The molecule has 0 saturated heterocycles. The molecule has 0 bridgehead atoms. The summed E-state index contributed by atoms with van der Waals surface area (Å²) in [5, 5.41) is 12.2. The van der Waals surface area contributed by atoms with Gasteiger partial charge in [-0.05, 0) is 37.6 Å². The number of halogens is 2. The minimum Gasteiger partial charge on any atom is -0.448 e. The third kappa shape index (κ3) is 5.58. The molecule has 0 fully saturated rings.